The van der Waals surface area contributed by atoms with Crippen LogP contribution in [0, 0.1) is 13.8 Å². The van der Waals surface area contributed by atoms with E-state index in [4.69, 9.17) is 20.4 Å². The number of aromatic nitrogens is 8. The lowest BCUT2D eigenvalue weighted by atomic mass is 9.71. The highest BCUT2D eigenvalue weighted by atomic mass is 16.6. The maximum Gasteiger partial charge on any atom is 0.408 e. The number of benzene rings is 4. The number of fused-ring (bicyclic) bond motifs is 6. The topological polar surface area (TPSA) is 151 Å². The summed E-state index contributed by atoms with van der Waals surface area (Å²) in [6.07, 6.45) is 9.52. The van der Waals surface area contributed by atoms with E-state index in [1.54, 1.807) is 0 Å². The van der Waals surface area contributed by atoms with Crippen LogP contribution in [-0.4, -0.2) is 50.9 Å². The molecule has 0 saturated heterocycles. The van der Waals surface area contributed by atoms with Crippen molar-refractivity contribution in [3.8, 4) is 44.8 Å². The molecule has 2 fully saturated rings. The summed E-state index contributed by atoms with van der Waals surface area (Å²) in [5.41, 5.74) is 20.9. The van der Waals surface area contributed by atoms with Crippen LogP contribution in [0.25, 0.3) is 78.1 Å². The van der Waals surface area contributed by atoms with Crippen LogP contribution in [-0.2, 0) is 15.8 Å². The number of carbonyl (C=O) groups excluding carboxylic acids is 1. The van der Waals surface area contributed by atoms with E-state index in [1.165, 1.54) is 12.0 Å². The average molecular weight is 911 g/mol. The van der Waals surface area contributed by atoms with Crippen molar-refractivity contribution in [1.82, 2.24) is 44.5 Å². The third-order valence-corrected chi connectivity index (χ3v) is 13.6. The highest BCUT2D eigenvalue weighted by Crippen LogP contribution is 2.43. The molecular formula is C57H54N10O2. The zero-order valence-electron chi connectivity index (χ0n) is 39.6. The summed E-state index contributed by atoms with van der Waals surface area (Å²) in [6.45, 7) is 9.57. The Morgan fingerprint density at radius 2 is 1.04 bits per heavy atom. The van der Waals surface area contributed by atoms with E-state index < -0.39 is 11.1 Å². The van der Waals surface area contributed by atoms with Crippen LogP contribution in [0.3, 0.4) is 0 Å². The van der Waals surface area contributed by atoms with E-state index in [0.29, 0.717) is 0 Å². The molecule has 0 atom stereocenters. The van der Waals surface area contributed by atoms with Crippen molar-refractivity contribution in [1.29, 1.82) is 0 Å². The monoisotopic (exact) mass is 910 g/mol. The fourth-order valence-corrected chi connectivity index (χ4v) is 9.69. The Kier molecular flexibility index (Phi) is 10.8. The Morgan fingerprint density at radius 3 is 1.45 bits per heavy atom. The smallest absolute Gasteiger partial charge is 0.408 e. The summed E-state index contributed by atoms with van der Waals surface area (Å²) in [7, 11) is 0. The number of rotatable bonds is 7. The molecule has 344 valence electrons. The maximum atomic E-state index is 12.6. The van der Waals surface area contributed by atoms with Gasteiger partial charge in [0.05, 0.1) is 28.3 Å². The number of nitrogens with zero attached hydrogens (tertiary/aromatic N) is 8. The summed E-state index contributed by atoms with van der Waals surface area (Å²) < 4.78 is 9.20. The molecule has 0 unspecified atom stereocenters. The summed E-state index contributed by atoms with van der Waals surface area (Å²) in [5, 5.41) is 14.3. The second kappa shape index (κ2) is 17.0. The minimum atomic E-state index is -0.539. The molecular weight excluding hydrogens is 857 g/mol. The zero-order valence-corrected chi connectivity index (χ0v) is 39.6. The van der Waals surface area contributed by atoms with Crippen molar-refractivity contribution in [2.75, 3.05) is 0 Å². The van der Waals surface area contributed by atoms with Gasteiger partial charge in [-0.05, 0) is 108 Å². The minimum absolute atomic E-state index is 0.165. The second-order valence-corrected chi connectivity index (χ2v) is 19.7. The molecule has 12 nitrogen and oxygen atoms in total. The molecule has 2 aliphatic rings. The Balaban J connectivity index is 0.000000154. The van der Waals surface area contributed by atoms with Crippen molar-refractivity contribution < 1.29 is 9.53 Å². The fourth-order valence-electron chi connectivity index (χ4n) is 9.69. The van der Waals surface area contributed by atoms with Gasteiger partial charge in [-0.2, -0.15) is 19.2 Å². The molecule has 0 radical (unpaired) electrons. The Hall–Kier alpha value is -7.83. The first-order chi connectivity index (χ1) is 33.3. The van der Waals surface area contributed by atoms with E-state index in [-0.39, 0.29) is 11.6 Å². The van der Waals surface area contributed by atoms with Crippen LogP contribution >= 0.6 is 0 Å². The number of nitrogens with two attached hydrogens (primary N) is 1. The number of hydrogen-bond donors (Lipinski definition) is 2. The quantitative estimate of drug-likeness (QED) is 0.159. The summed E-state index contributed by atoms with van der Waals surface area (Å²) in [6, 6.07) is 45.9. The third kappa shape index (κ3) is 8.35. The summed E-state index contributed by atoms with van der Waals surface area (Å²) >= 11 is 0. The van der Waals surface area contributed by atoms with Gasteiger partial charge in [-0.3, -0.25) is 0 Å². The van der Waals surface area contributed by atoms with Gasteiger partial charge in [0.1, 0.15) is 5.60 Å². The van der Waals surface area contributed by atoms with Gasteiger partial charge in [0.15, 0.2) is 22.6 Å². The SMILES string of the molecule is Cc1cc2ncc3cc(-c4ccccc4)c(-c4ccc(C5(N)CCC5)cc4)nc3n2n1.Cc1cc2ncc3cc(-c4ccccc4)c(-c4ccc(C5(NC(=O)OC(C)(C)C)CCC5)cc4)nc3n2n1. The summed E-state index contributed by atoms with van der Waals surface area (Å²) in [5.74, 6) is 0. The Labute approximate surface area is 400 Å². The van der Waals surface area contributed by atoms with E-state index in [9.17, 15) is 4.79 Å². The van der Waals surface area contributed by atoms with Crippen LogP contribution in [0.1, 0.15) is 81.8 Å². The van der Waals surface area contributed by atoms with E-state index in [2.05, 4.69) is 123 Å². The molecule has 6 heterocycles. The predicted octanol–water partition coefficient (Wildman–Crippen LogP) is 12.1. The van der Waals surface area contributed by atoms with Crippen LogP contribution in [0.15, 0.2) is 146 Å². The standard InChI is InChI=1S/C31H31N5O2.C26H23N5/c1-20-17-26-32-19-23-18-25(21-9-6-5-7-10-21)27(33-28(23)36(26)35-20)22-11-13-24(14-12-22)31(15-8-16-31)34-29(37)38-30(2,3)4;1-17-14-23-28-16-20-15-22(18-6-3-2-4-7-18)24(29-25(20)31(23)30-17)19-8-10-21(11-9-19)26(27)12-5-13-26/h5-7,9-14,17-19H,8,15-16H2,1-4H3,(H,34,37);2-4,6-11,14-16H,5,12-13,27H2,1H3. The molecule has 12 heteroatoms. The number of pyridine rings is 2. The zero-order chi connectivity index (χ0) is 47.5. The van der Waals surface area contributed by atoms with E-state index in [0.717, 1.165) is 127 Å². The van der Waals surface area contributed by atoms with Crippen molar-refractivity contribution in [2.24, 2.45) is 5.73 Å². The molecule has 1 amide bonds. The molecule has 0 bridgehead atoms. The number of hydrogen-bond acceptors (Lipinski definition) is 9. The number of alkyl carbamates (subject to hydrolysis) is 1. The van der Waals surface area contributed by atoms with E-state index >= 15 is 0 Å². The van der Waals surface area contributed by atoms with Crippen LogP contribution in [0.4, 0.5) is 4.79 Å². The first-order valence-corrected chi connectivity index (χ1v) is 23.8. The first-order valence-electron chi connectivity index (χ1n) is 23.8. The van der Waals surface area contributed by atoms with Gasteiger partial charge < -0.3 is 15.8 Å². The number of aryl methyl sites for hydroxylation is 2. The van der Waals surface area contributed by atoms with Crippen LogP contribution in [0.2, 0.25) is 0 Å². The van der Waals surface area contributed by atoms with E-state index in [1.807, 2.05) is 92.4 Å². The number of ether oxygens (including phenoxy) is 1. The normalized spacial score (nSPS) is 15.0. The summed E-state index contributed by atoms with van der Waals surface area (Å²) in [4.78, 5) is 32.0. The van der Waals surface area contributed by atoms with Gasteiger partial charge in [0, 0.05) is 63.1 Å². The number of nitrogens with one attached hydrogen (secondary N) is 1. The third-order valence-electron chi connectivity index (χ3n) is 13.6. The number of carbonyl (C=O) groups is 1. The fraction of sp³-hybridized carbons (Fsp3) is 0.246. The van der Waals surface area contributed by atoms with Gasteiger partial charge in [-0.25, -0.2) is 24.7 Å². The lowest BCUT2D eigenvalue weighted by molar-refractivity contribution is 0.0377. The first kappa shape index (κ1) is 43.7. The lowest BCUT2D eigenvalue weighted by Gasteiger charge is -2.43. The molecule has 69 heavy (non-hydrogen) atoms. The number of amides is 1. The van der Waals surface area contributed by atoms with Gasteiger partial charge in [0.2, 0.25) is 0 Å². The van der Waals surface area contributed by atoms with Crippen molar-refractivity contribution in [3.05, 3.63) is 168 Å². The van der Waals surface area contributed by atoms with Crippen molar-refractivity contribution in [2.45, 2.75) is 89.8 Å². The van der Waals surface area contributed by atoms with Crippen LogP contribution < -0.4 is 11.1 Å². The average Bonchev–Trinajstić information content (AvgIpc) is 3.93. The molecule has 4 aromatic carbocycles. The van der Waals surface area contributed by atoms with Crippen LogP contribution in [0.5, 0.6) is 0 Å². The molecule has 0 aliphatic heterocycles. The second-order valence-electron chi connectivity index (χ2n) is 19.7. The predicted molar refractivity (Wildman–Crippen MR) is 272 cm³/mol. The Morgan fingerprint density at radius 1 is 0.594 bits per heavy atom. The molecule has 12 rings (SSSR count). The molecule has 6 aromatic heterocycles. The molecule has 10 aromatic rings. The van der Waals surface area contributed by atoms with Crippen molar-refractivity contribution in [3.63, 3.8) is 0 Å². The largest absolute Gasteiger partial charge is 0.444 e. The maximum absolute atomic E-state index is 12.6. The van der Waals surface area contributed by atoms with Gasteiger partial charge in [0.25, 0.3) is 0 Å². The molecule has 3 N–H and O–H groups in total. The molecule has 2 saturated carbocycles. The minimum Gasteiger partial charge on any atom is -0.444 e. The van der Waals surface area contributed by atoms with Gasteiger partial charge >= 0.3 is 6.09 Å². The Bertz CT molecular complexity index is 3530. The van der Waals surface area contributed by atoms with Gasteiger partial charge in [-0.1, -0.05) is 109 Å². The lowest BCUT2D eigenvalue weighted by Crippen LogP contribution is -2.52. The van der Waals surface area contributed by atoms with Crippen molar-refractivity contribution >= 4 is 39.5 Å². The highest BCUT2D eigenvalue weighted by molar-refractivity contribution is 5.92. The van der Waals surface area contributed by atoms with Gasteiger partial charge in [-0.15, -0.1) is 0 Å². The molecule has 0 spiro atoms. The highest BCUT2D eigenvalue weighted by Gasteiger charge is 2.41. The molecule has 2 aliphatic carbocycles.